The summed E-state index contributed by atoms with van der Waals surface area (Å²) in [5, 5.41) is 1.56. The molecule has 74 valence electrons. The van der Waals surface area contributed by atoms with Gasteiger partial charge in [0.1, 0.15) is 5.84 Å². The summed E-state index contributed by atoms with van der Waals surface area (Å²) < 4.78 is -1.47. The van der Waals surface area contributed by atoms with Crippen molar-refractivity contribution < 1.29 is 0 Å². The molecule has 0 unspecified atom stereocenters. The Balaban J connectivity index is 2.91. The maximum Gasteiger partial charge on any atom is 0.231 e. The van der Waals surface area contributed by atoms with Gasteiger partial charge in [-0.1, -0.05) is 34.8 Å². The second kappa shape index (κ2) is 3.92. The van der Waals surface area contributed by atoms with E-state index in [1.807, 2.05) is 0 Å². The largest absolute Gasteiger partial charge is 0.301 e. The molecule has 0 aromatic rings. The van der Waals surface area contributed by atoms with Gasteiger partial charge in [0, 0.05) is 20.2 Å². The Kier molecular flexibility index (Phi) is 3.29. The van der Waals surface area contributed by atoms with E-state index < -0.39 is 3.79 Å². The highest BCUT2D eigenvalue weighted by Gasteiger charge is 2.29. The molecular weight excluding hydrogens is 234 g/mol. The first-order chi connectivity index (χ1) is 5.93. The van der Waals surface area contributed by atoms with Crippen LogP contribution in [0.4, 0.5) is 0 Å². The average molecular weight is 244 g/mol. The van der Waals surface area contributed by atoms with Crippen LogP contribution in [0, 0.1) is 0 Å². The molecule has 1 aliphatic heterocycles. The van der Waals surface area contributed by atoms with Gasteiger partial charge in [0.05, 0.1) is 5.70 Å². The number of nitrogens with zero attached hydrogens (tertiary/aromatic N) is 2. The highest BCUT2D eigenvalue weighted by Crippen LogP contribution is 2.33. The van der Waals surface area contributed by atoms with E-state index in [1.165, 1.54) is 0 Å². The summed E-state index contributed by atoms with van der Waals surface area (Å²) >= 11 is 17.1. The quantitative estimate of drug-likeness (QED) is 0.629. The van der Waals surface area contributed by atoms with Crippen molar-refractivity contribution in [3.8, 4) is 0 Å². The molecule has 0 bridgehead atoms. The van der Waals surface area contributed by atoms with Crippen LogP contribution >= 0.6 is 34.8 Å². The molecule has 0 spiro atoms. The molecule has 7 heteroatoms. The summed E-state index contributed by atoms with van der Waals surface area (Å²) in [5.41, 5.74) is 6.17. The summed E-state index contributed by atoms with van der Waals surface area (Å²) in [4.78, 5) is 3.93. The Morgan fingerprint density at radius 3 is 2.46 bits per heavy atom. The molecule has 0 aliphatic carbocycles. The molecule has 1 heterocycles. The van der Waals surface area contributed by atoms with Gasteiger partial charge in [0.25, 0.3) is 0 Å². The van der Waals surface area contributed by atoms with Crippen LogP contribution in [0.1, 0.15) is 0 Å². The molecule has 0 saturated carbocycles. The van der Waals surface area contributed by atoms with E-state index in [9.17, 15) is 0 Å². The lowest BCUT2D eigenvalue weighted by atomic mass is 10.4. The normalized spacial score (nSPS) is 22.2. The fourth-order valence-corrected chi connectivity index (χ4v) is 1.13. The number of hydrogen-bond acceptors (Lipinski definition) is 3. The van der Waals surface area contributed by atoms with Gasteiger partial charge >= 0.3 is 0 Å². The monoisotopic (exact) mass is 242 g/mol. The van der Waals surface area contributed by atoms with Crippen LogP contribution in [0.15, 0.2) is 16.8 Å². The second-order valence-corrected chi connectivity index (χ2v) is 4.73. The topological polar surface area (TPSA) is 39.7 Å². The number of aliphatic imine (C=N–C) groups is 1. The molecule has 0 amide bonds. The highest BCUT2D eigenvalue weighted by molar-refractivity contribution is 6.69. The van der Waals surface area contributed by atoms with Crippen LogP contribution in [-0.2, 0) is 0 Å². The van der Waals surface area contributed by atoms with Gasteiger partial charge in [0.15, 0.2) is 0 Å². The number of hydrogen-bond donors (Lipinski definition) is 2. The van der Waals surface area contributed by atoms with Crippen molar-refractivity contribution in [1.82, 2.24) is 16.0 Å². The standard InChI is InChI=1S/C6H9Cl3N4/c1-10-5-3-4(6(7,8)9)11-13(2)12-5/h3,11H,1-2H3,(H,10,12). The van der Waals surface area contributed by atoms with E-state index in [4.69, 9.17) is 34.8 Å². The zero-order valence-corrected chi connectivity index (χ0v) is 9.37. The van der Waals surface area contributed by atoms with Crippen molar-refractivity contribution in [2.75, 3.05) is 14.1 Å². The van der Waals surface area contributed by atoms with Crippen LogP contribution in [0.2, 0.25) is 0 Å². The fraction of sp³-hybridized carbons (Fsp3) is 0.500. The highest BCUT2D eigenvalue weighted by atomic mass is 35.6. The van der Waals surface area contributed by atoms with Crippen molar-refractivity contribution in [1.29, 1.82) is 0 Å². The van der Waals surface area contributed by atoms with Crippen LogP contribution in [0.5, 0.6) is 0 Å². The minimum Gasteiger partial charge on any atom is -0.301 e. The smallest absolute Gasteiger partial charge is 0.231 e. The first-order valence-electron chi connectivity index (χ1n) is 3.46. The maximum absolute atomic E-state index is 5.69. The zero-order valence-electron chi connectivity index (χ0n) is 7.11. The molecule has 0 atom stereocenters. The molecule has 1 aliphatic rings. The van der Waals surface area contributed by atoms with Crippen molar-refractivity contribution >= 4 is 40.6 Å². The Morgan fingerprint density at radius 1 is 1.38 bits per heavy atom. The summed E-state index contributed by atoms with van der Waals surface area (Å²) in [6.45, 7) is 0. The molecule has 1 rings (SSSR count). The molecule has 2 N–H and O–H groups in total. The van der Waals surface area contributed by atoms with Gasteiger partial charge in [-0.15, -0.1) is 5.12 Å². The van der Waals surface area contributed by atoms with E-state index in [2.05, 4.69) is 15.8 Å². The third-order valence-corrected chi connectivity index (χ3v) is 2.01. The van der Waals surface area contributed by atoms with Gasteiger partial charge in [-0.2, -0.15) is 0 Å². The average Bonchev–Trinajstić information content (AvgIpc) is 2.01. The lowest BCUT2D eigenvalue weighted by molar-refractivity contribution is 0.216. The van der Waals surface area contributed by atoms with Gasteiger partial charge in [-0.25, -0.2) is 0 Å². The summed E-state index contributed by atoms with van der Waals surface area (Å²) in [7, 11) is 3.39. The number of nitrogens with one attached hydrogen (secondary N) is 2. The van der Waals surface area contributed by atoms with E-state index in [1.54, 1.807) is 25.3 Å². The molecule has 0 aromatic carbocycles. The van der Waals surface area contributed by atoms with E-state index in [-0.39, 0.29) is 0 Å². The van der Waals surface area contributed by atoms with Crippen LogP contribution < -0.4 is 10.9 Å². The van der Waals surface area contributed by atoms with E-state index in [0.717, 1.165) is 0 Å². The van der Waals surface area contributed by atoms with Crippen LogP contribution in [-0.4, -0.2) is 28.8 Å². The number of alkyl halides is 3. The Labute approximate surface area is 91.5 Å². The second-order valence-electron chi connectivity index (χ2n) is 2.45. The van der Waals surface area contributed by atoms with Gasteiger partial charge in [-0.05, 0) is 0 Å². The number of allylic oxidation sites excluding steroid dienone is 1. The lowest BCUT2D eigenvalue weighted by Crippen LogP contribution is -2.52. The first-order valence-corrected chi connectivity index (χ1v) is 4.59. The number of amidine groups is 1. The van der Waals surface area contributed by atoms with Crippen molar-refractivity contribution in [2.45, 2.75) is 3.79 Å². The minimum absolute atomic E-state index is 0.458. The molecule has 0 saturated heterocycles. The van der Waals surface area contributed by atoms with Crippen molar-refractivity contribution in [3.05, 3.63) is 11.8 Å². The molecule has 0 aromatic heterocycles. The SMILES string of the molecule is CN=C1C=C(C(Cl)(Cl)Cl)NN(C)N1. The molecule has 0 radical (unpaired) electrons. The number of halogens is 3. The third-order valence-electron chi connectivity index (χ3n) is 1.40. The fourth-order valence-electron chi connectivity index (χ4n) is 0.841. The van der Waals surface area contributed by atoms with Gasteiger partial charge in [0.2, 0.25) is 3.79 Å². The predicted molar refractivity (Wildman–Crippen MR) is 55.8 cm³/mol. The first kappa shape index (κ1) is 10.9. The van der Waals surface area contributed by atoms with E-state index >= 15 is 0 Å². The summed E-state index contributed by atoms with van der Waals surface area (Å²) in [5.74, 6) is 0.627. The molecule has 4 nitrogen and oxygen atoms in total. The minimum atomic E-state index is -1.47. The Bertz CT molecular complexity index is 255. The van der Waals surface area contributed by atoms with Crippen LogP contribution in [0.25, 0.3) is 0 Å². The number of hydrazine groups is 2. The molecular formula is C6H9Cl3N4. The maximum atomic E-state index is 5.69. The summed E-state index contributed by atoms with van der Waals surface area (Å²) in [6, 6.07) is 0. The number of rotatable bonds is 0. The van der Waals surface area contributed by atoms with Crippen molar-refractivity contribution in [3.63, 3.8) is 0 Å². The summed E-state index contributed by atoms with van der Waals surface area (Å²) in [6.07, 6.45) is 1.63. The Morgan fingerprint density at radius 2 is 2.00 bits per heavy atom. The predicted octanol–water partition coefficient (Wildman–Crippen LogP) is 1.22. The Hall–Kier alpha value is -0.160. The zero-order chi connectivity index (χ0) is 10.1. The van der Waals surface area contributed by atoms with Gasteiger partial charge in [-0.3, -0.25) is 10.4 Å². The molecule has 0 fully saturated rings. The third kappa shape index (κ3) is 2.91. The van der Waals surface area contributed by atoms with Crippen LogP contribution in [0.3, 0.4) is 0 Å². The van der Waals surface area contributed by atoms with E-state index in [0.29, 0.717) is 11.5 Å². The van der Waals surface area contributed by atoms with Crippen molar-refractivity contribution in [2.24, 2.45) is 4.99 Å². The lowest BCUT2D eigenvalue weighted by Gasteiger charge is -2.30. The van der Waals surface area contributed by atoms with Gasteiger partial charge < -0.3 is 5.43 Å². The molecule has 13 heavy (non-hydrogen) atoms.